The number of ether oxygens (including phenoxy) is 3. The van der Waals surface area contributed by atoms with E-state index in [0.717, 1.165) is 16.9 Å². The van der Waals surface area contributed by atoms with E-state index < -0.39 is 6.03 Å². The highest BCUT2D eigenvalue weighted by Crippen LogP contribution is 2.29. The second-order valence-electron chi connectivity index (χ2n) is 6.44. The summed E-state index contributed by atoms with van der Waals surface area (Å²) in [6.07, 6.45) is 0. The fourth-order valence-electron chi connectivity index (χ4n) is 2.72. The van der Waals surface area contributed by atoms with Gasteiger partial charge in [0.2, 0.25) is 0 Å². The van der Waals surface area contributed by atoms with E-state index in [1.165, 1.54) is 24.3 Å². The highest BCUT2D eigenvalue weighted by molar-refractivity contribution is 5.89. The molecule has 0 aromatic heterocycles. The summed E-state index contributed by atoms with van der Waals surface area (Å²) in [5.74, 6) is 1.60. The van der Waals surface area contributed by atoms with Crippen LogP contribution in [0.2, 0.25) is 0 Å². The summed E-state index contributed by atoms with van der Waals surface area (Å²) in [5, 5.41) is 5.41. The van der Waals surface area contributed by atoms with Gasteiger partial charge in [0.1, 0.15) is 18.2 Å². The van der Waals surface area contributed by atoms with Crippen molar-refractivity contribution in [2.45, 2.75) is 13.2 Å². The summed E-state index contributed by atoms with van der Waals surface area (Å²) >= 11 is 0. The topological polar surface area (TPSA) is 68.8 Å². The molecule has 156 valence electrons. The second-order valence-corrected chi connectivity index (χ2v) is 6.44. The maximum Gasteiger partial charge on any atom is 0.319 e. The quantitative estimate of drug-likeness (QED) is 0.563. The number of halogens is 1. The standard InChI is InChI=1S/C23H23FN2O4/c1-28-20-10-3-16(4-11-20)15-30-22-13-17(5-12-21(22)29-2)14-25-23(27)26-19-8-6-18(24)7-9-19/h3-13H,14-15H2,1-2H3,(H2,25,26,27). The van der Waals surface area contributed by atoms with Crippen LogP contribution in [0.15, 0.2) is 66.7 Å². The molecule has 0 fully saturated rings. The number of nitrogens with one attached hydrogen (secondary N) is 2. The van der Waals surface area contributed by atoms with Gasteiger partial charge in [-0.15, -0.1) is 0 Å². The predicted octanol–water partition coefficient (Wildman–Crippen LogP) is 4.74. The zero-order chi connectivity index (χ0) is 21.3. The average molecular weight is 410 g/mol. The van der Waals surface area contributed by atoms with Gasteiger partial charge in [-0.1, -0.05) is 18.2 Å². The lowest BCUT2D eigenvalue weighted by atomic mass is 10.2. The maximum atomic E-state index is 12.9. The van der Waals surface area contributed by atoms with Crippen LogP contribution in [-0.4, -0.2) is 20.3 Å². The number of hydrogen-bond acceptors (Lipinski definition) is 4. The minimum Gasteiger partial charge on any atom is -0.497 e. The van der Waals surface area contributed by atoms with Crippen molar-refractivity contribution in [1.82, 2.24) is 5.32 Å². The summed E-state index contributed by atoms with van der Waals surface area (Å²) in [5.41, 5.74) is 2.34. The highest BCUT2D eigenvalue weighted by atomic mass is 19.1. The first-order valence-electron chi connectivity index (χ1n) is 9.30. The molecule has 2 amide bonds. The molecule has 6 nitrogen and oxygen atoms in total. The SMILES string of the molecule is COc1ccc(COc2cc(CNC(=O)Nc3ccc(F)cc3)ccc2OC)cc1. The van der Waals surface area contributed by atoms with E-state index >= 15 is 0 Å². The molecule has 0 aliphatic heterocycles. The van der Waals surface area contributed by atoms with Crippen LogP contribution in [0.25, 0.3) is 0 Å². The zero-order valence-corrected chi connectivity index (χ0v) is 16.8. The van der Waals surface area contributed by atoms with Crippen molar-refractivity contribution in [1.29, 1.82) is 0 Å². The maximum absolute atomic E-state index is 12.9. The number of benzene rings is 3. The van der Waals surface area contributed by atoms with Crippen LogP contribution in [0.1, 0.15) is 11.1 Å². The largest absolute Gasteiger partial charge is 0.497 e. The lowest BCUT2D eigenvalue weighted by molar-refractivity contribution is 0.251. The van der Waals surface area contributed by atoms with Gasteiger partial charge in [-0.3, -0.25) is 0 Å². The molecular weight excluding hydrogens is 387 g/mol. The Balaban J connectivity index is 1.58. The van der Waals surface area contributed by atoms with Gasteiger partial charge in [-0.2, -0.15) is 0 Å². The third-order valence-corrected chi connectivity index (χ3v) is 4.34. The van der Waals surface area contributed by atoms with Crippen LogP contribution in [0.3, 0.4) is 0 Å². The van der Waals surface area contributed by atoms with Crippen LogP contribution in [0.5, 0.6) is 17.2 Å². The average Bonchev–Trinajstić information content (AvgIpc) is 2.78. The molecule has 3 aromatic carbocycles. The van der Waals surface area contributed by atoms with E-state index in [0.29, 0.717) is 23.8 Å². The van der Waals surface area contributed by atoms with E-state index in [1.54, 1.807) is 20.3 Å². The zero-order valence-electron chi connectivity index (χ0n) is 16.8. The van der Waals surface area contributed by atoms with Gasteiger partial charge in [0, 0.05) is 12.2 Å². The van der Waals surface area contributed by atoms with E-state index in [-0.39, 0.29) is 12.4 Å². The Labute approximate surface area is 174 Å². The third kappa shape index (κ3) is 5.88. The summed E-state index contributed by atoms with van der Waals surface area (Å²) < 4.78 is 29.4. The first-order valence-corrected chi connectivity index (χ1v) is 9.30. The molecule has 0 saturated heterocycles. The van der Waals surface area contributed by atoms with E-state index in [2.05, 4.69) is 10.6 Å². The molecule has 0 aliphatic rings. The molecule has 0 spiro atoms. The van der Waals surface area contributed by atoms with Gasteiger partial charge in [-0.25, -0.2) is 9.18 Å². The molecule has 0 unspecified atom stereocenters. The van der Waals surface area contributed by atoms with Gasteiger partial charge in [0.25, 0.3) is 0 Å². The summed E-state index contributed by atoms with van der Waals surface area (Å²) in [4.78, 5) is 12.1. The Morgan fingerprint density at radius 3 is 2.23 bits per heavy atom. The Hall–Kier alpha value is -3.74. The van der Waals surface area contributed by atoms with Crippen molar-refractivity contribution in [3.63, 3.8) is 0 Å². The Bertz CT molecular complexity index is 975. The molecular formula is C23H23FN2O4. The van der Waals surface area contributed by atoms with Crippen molar-refractivity contribution in [3.8, 4) is 17.2 Å². The molecule has 0 atom stereocenters. The van der Waals surface area contributed by atoms with Crippen molar-refractivity contribution < 1.29 is 23.4 Å². The predicted molar refractivity (Wildman–Crippen MR) is 113 cm³/mol. The summed E-state index contributed by atoms with van der Waals surface area (Å²) in [7, 11) is 3.19. The fourth-order valence-corrected chi connectivity index (χ4v) is 2.72. The molecule has 0 radical (unpaired) electrons. The Kier molecular flexibility index (Phi) is 7.10. The minimum absolute atomic E-state index is 0.288. The molecule has 3 rings (SSSR count). The molecule has 30 heavy (non-hydrogen) atoms. The third-order valence-electron chi connectivity index (χ3n) is 4.34. The molecule has 3 aromatic rings. The number of rotatable bonds is 8. The van der Waals surface area contributed by atoms with Crippen LogP contribution >= 0.6 is 0 Å². The second kappa shape index (κ2) is 10.2. The Morgan fingerprint density at radius 2 is 1.57 bits per heavy atom. The first-order chi connectivity index (χ1) is 14.6. The van der Waals surface area contributed by atoms with Crippen molar-refractivity contribution in [3.05, 3.63) is 83.7 Å². The summed E-state index contributed by atoms with van der Waals surface area (Å²) in [6, 6.07) is 18.2. The first kappa shape index (κ1) is 21.0. The van der Waals surface area contributed by atoms with Crippen molar-refractivity contribution in [2.24, 2.45) is 0 Å². The number of methoxy groups -OCH3 is 2. The van der Waals surface area contributed by atoms with Crippen LogP contribution < -0.4 is 24.8 Å². The Morgan fingerprint density at radius 1 is 0.867 bits per heavy atom. The van der Waals surface area contributed by atoms with E-state index in [9.17, 15) is 9.18 Å². The number of anilines is 1. The number of amides is 2. The molecule has 7 heteroatoms. The van der Waals surface area contributed by atoms with Crippen LogP contribution in [0, 0.1) is 5.82 Å². The normalized spacial score (nSPS) is 10.2. The number of carbonyl (C=O) groups excluding carboxylic acids is 1. The highest BCUT2D eigenvalue weighted by Gasteiger charge is 2.08. The van der Waals surface area contributed by atoms with Gasteiger partial charge < -0.3 is 24.8 Å². The number of hydrogen-bond donors (Lipinski definition) is 2. The molecule has 0 saturated carbocycles. The monoisotopic (exact) mass is 410 g/mol. The smallest absolute Gasteiger partial charge is 0.319 e. The van der Waals surface area contributed by atoms with Gasteiger partial charge >= 0.3 is 6.03 Å². The minimum atomic E-state index is -0.391. The van der Waals surface area contributed by atoms with Gasteiger partial charge in [0.15, 0.2) is 11.5 Å². The van der Waals surface area contributed by atoms with Crippen molar-refractivity contribution in [2.75, 3.05) is 19.5 Å². The van der Waals surface area contributed by atoms with Gasteiger partial charge in [0.05, 0.1) is 14.2 Å². The number of urea groups is 1. The lowest BCUT2D eigenvalue weighted by Gasteiger charge is -2.13. The molecule has 2 N–H and O–H groups in total. The van der Waals surface area contributed by atoms with Gasteiger partial charge in [-0.05, 0) is 59.7 Å². The van der Waals surface area contributed by atoms with Crippen LogP contribution in [0.4, 0.5) is 14.9 Å². The van der Waals surface area contributed by atoms with Crippen molar-refractivity contribution >= 4 is 11.7 Å². The summed E-state index contributed by atoms with van der Waals surface area (Å²) in [6.45, 7) is 0.651. The molecule has 0 heterocycles. The fraction of sp³-hybridized carbons (Fsp3) is 0.174. The lowest BCUT2D eigenvalue weighted by Crippen LogP contribution is -2.28. The van der Waals surface area contributed by atoms with E-state index in [1.807, 2.05) is 36.4 Å². The number of carbonyl (C=O) groups is 1. The molecule has 0 aliphatic carbocycles. The van der Waals surface area contributed by atoms with E-state index in [4.69, 9.17) is 14.2 Å². The molecule has 0 bridgehead atoms. The van der Waals surface area contributed by atoms with Crippen LogP contribution in [-0.2, 0) is 13.2 Å².